The molecule has 0 aromatic carbocycles. The average molecular weight is 270 g/mol. The zero-order valence-corrected chi connectivity index (χ0v) is 11.8. The molecule has 0 saturated heterocycles. The molecular weight excluding hydrogens is 250 g/mol. The lowest BCUT2D eigenvalue weighted by atomic mass is 10.1. The van der Waals surface area contributed by atoms with E-state index in [2.05, 4.69) is 4.98 Å². The maximum absolute atomic E-state index is 13.6. The van der Waals surface area contributed by atoms with Crippen LogP contribution >= 0.6 is 0 Å². The molecule has 3 nitrogen and oxygen atoms in total. The van der Waals surface area contributed by atoms with Crippen LogP contribution in [0.25, 0.3) is 0 Å². The minimum atomic E-state index is -1.24. The molecule has 0 spiro atoms. The summed E-state index contributed by atoms with van der Waals surface area (Å²) >= 11 is 0. The molecule has 1 aromatic rings. The molecular formula is C14H20F2N2O. The van der Waals surface area contributed by atoms with Crippen molar-refractivity contribution < 1.29 is 13.6 Å². The summed E-state index contributed by atoms with van der Waals surface area (Å²) in [6.07, 6.45) is 1.11. The molecule has 0 bridgehead atoms. The number of nitrogens with zero attached hydrogens (tertiary/aromatic N) is 2. The molecule has 0 N–H and O–H groups in total. The normalized spacial score (nSPS) is 11.2. The molecule has 0 atom stereocenters. The van der Waals surface area contributed by atoms with Crippen molar-refractivity contribution in [3.05, 3.63) is 29.6 Å². The number of hydrogen-bond acceptors (Lipinski definition) is 2. The van der Waals surface area contributed by atoms with Crippen molar-refractivity contribution in [3.63, 3.8) is 0 Å². The zero-order chi connectivity index (χ0) is 14.6. The minimum absolute atomic E-state index is 0.256. The number of rotatable bonds is 5. The van der Waals surface area contributed by atoms with Gasteiger partial charge >= 0.3 is 0 Å². The first-order chi connectivity index (χ1) is 8.82. The van der Waals surface area contributed by atoms with E-state index in [1.165, 1.54) is 6.07 Å². The van der Waals surface area contributed by atoms with Crippen molar-refractivity contribution in [1.82, 2.24) is 9.88 Å². The predicted molar refractivity (Wildman–Crippen MR) is 69.7 cm³/mol. The third kappa shape index (κ3) is 4.26. The number of aromatic nitrogens is 1. The van der Waals surface area contributed by atoms with Gasteiger partial charge in [-0.1, -0.05) is 27.7 Å². The molecule has 0 saturated carbocycles. The van der Waals surface area contributed by atoms with Crippen molar-refractivity contribution in [2.24, 2.45) is 11.8 Å². The molecule has 0 radical (unpaired) electrons. The van der Waals surface area contributed by atoms with Crippen LogP contribution in [0.15, 0.2) is 12.3 Å². The molecule has 1 amide bonds. The van der Waals surface area contributed by atoms with Gasteiger partial charge in [0.1, 0.15) is 0 Å². The van der Waals surface area contributed by atoms with Gasteiger partial charge in [-0.3, -0.25) is 4.79 Å². The summed E-state index contributed by atoms with van der Waals surface area (Å²) in [4.78, 5) is 17.0. The summed E-state index contributed by atoms with van der Waals surface area (Å²) in [7, 11) is 0. The van der Waals surface area contributed by atoms with Crippen molar-refractivity contribution in [1.29, 1.82) is 0 Å². The molecule has 0 fully saturated rings. The monoisotopic (exact) mass is 270 g/mol. The van der Waals surface area contributed by atoms with Crippen LogP contribution in [0.1, 0.15) is 38.1 Å². The van der Waals surface area contributed by atoms with Gasteiger partial charge in [-0.05, 0) is 17.9 Å². The third-order valence-electron chi connectivity index (χ3n) is 2.54. The van der Waals surface area contributed by atoms with Crippen molar-refractivity contribution in [2.45, 2.75) is 27.7 Å². The van der Waals surface area contributed by atoms with Crippen LogP contribution in [0.2, 0.25) is 0 Å². The average Bonchev–Trinajstić information content (AvgIpc) is 2.30. The fraction of sp³-hybridized carbons (Fsp3) is 0.571. The Balaban J connectivity index is 3.01. The quantitative estimate of drug-likeness (QED) is 0.770. The van der Waals surface area contributed by atoms with Crippen molar-refractivity contribution in [2.75, 3.05) is 13.1 Å². The zero-order valence-electron chi connectivity index (χ0n) is 11.8. The highest BCUT2D eigenvalue weighted by Gasteiger charge is 2.23. The third-order valence-corrected chi connectivity index (χ3v) is 2.54. The summed E-state index contributed by atoms with van der Waals surface area (Å²) in [6.45, 7) is 8.93. The van der Waals surface area contributed by atoms with E-state index in [9.17, 15) is 13.6 Å². The van der Waals surface area contributed by atoms with Crippen LogP contribution in [0.3, 0.4) is 0 Å². The number of carbonyl (C=O) groups is 1. The second kappa shape index (κ2) is 6.59. The lowest BCUT2D eigenvalue weighted by Crippen LogP contribution is -2.37. The van der Waals surface area contributed by atoms with Crippen LogP contribution in [0.5, 0.6) is 0 Å². The Morgan fingerprint density at radius 3 is 2.21 bits per heavy atom. The van der Waals surface area contributed by atoms with Gasteiger partial charge in [0.15, 0.2) is 5.82 Å². The summed E-state index contributed by atoms with van der Waals surface area (Å²) in [6, 6.07) is 1.22. The van der Waals surface area contributed by atoms with E-state index in [0.717, 1.165) is 6.20 Å². The number of halogens is 2. The second-order valence-corrected chi connectivity index (χ2v) is 5.46. The fourth-order valence-corrected chi connectivity index (χ4v) is 1.88. The summed E-state index contributed by atoms with van der Waals surface area (Å²) in [5.74, 6) is -2.37. The van der Waals surface area contributed by atoms with Crippen LogP contribution in [0.4, 0.5) is 8.78 Å². The molecule has 1 rings (SSSR count). The Bertz CT molecular complexity index is 437. The Morgan fingerprint density at radius 2 is 1.74 bits per heavy atom. The number of amides is 1. The smallest absolute Gasteiger partial charge is 0.257 e. The lowest BCUT2D eigenvalue weighted by Gasteiger charge is -2.26. The minimum Gasteiger partial charge on any atom is -0.338 e. The van der Waals surface area contributed by atoms with Crippen LogP contribution < -0.4 is 0 Å². The van der Waals surface area contributed by atoms with Gasteiger partial charge in [0, 0.05) is 19.3 Å². The standard InChI is InChI=1S/C14H20F2N2O/c1-9(2)7-18(8-10(3)4)14(19)11-5-6-17-13(16)12(11)15/h5-6,9-10H,7-8H2,1-4H3. The van der Waals surface area contributed by atoms with E-state index >= 15 is 0 Å². The van der Waals surface area contributed by atoms with Gasteiger partial charge in [-0.2, -0.15) is 4.39 Å². The summed E-state index contributed by atoms with van der Waals surface area (Å²) in [5.41, 5.74) is -0.256. The van der Waals surface area contributed by atoms with E-state index in [4.69, 9.17) is 0 Å². The molecule has 19 heavy (non-hydrogen) atoms. The Morgan fingerprint density at radius 1 is 1.21 bits per heavy atom. The Labute approximate surface area is 112 Å². The van der Waals surface area contributed by atoms with Crippen molar-refractivity contribution in [3.8, 4) is 0 Å². The maximum Gasteiger partial charge on any atom is 0.257 e. The number of hydrogen-bond donors (Lipinski definition) is 0. The lowest BCUT2D eigenvalue weighted by molar-refractivity contribution is 0.0708. The fourth-order valence-electron chi connectivity index (χ4n) is 1.88. The highest BCUT2D eigenvalue weighted by atomic mass is 19.2. The van der Waals surface area contributed by atoms with Crippen molar-refractivity contribution >= 4 is 5.91 Å². The highest BCUT2D eigenvalue weighted by Crippen LogP contribution is 2.14. The van der Waals surface area contributed by atoms with Crippen LogP contribution in [-0.2, 0) is 0 Å². The highest BCUT2D eigenvalue weighted by molar-refractivity contribution is 5.94. The summed E-state index contributed by atoms with van der Waals surface area (Å²) < 4.78 is 26.7. The first-order valence-corrected chi connectivity index (χ1v) is 6.42. The molecule has 0 aliphatic rings. The number of carbonyl (C=O) groups excluding carboxylic acids is 1. The van der Waals surface area contributed by atoms with Crippen LogP contribution in [-0.4, -0.2) is 28.9 Å². The van der Waals surface area contributed by atoms with Gasteiger partial charge in [-0.15, -0.1) is 0 Å². The van der Waals surface area contributed by atoms with Gasteiger partial charge in [-0.25, -0.2) is 9.37 Å². The Kier molecular flexibility index (Phi) is 5.39. The first-order valence-electron chi connectivity index (χ1n) is 6.42. The molecule has 5 heteroatoms. The molecule has 1 aromatic heterocycles. The topological polar surface area (TPSA) is 33.2 Å². The molecule has 1 heterocycles. The molecule has 106 valence electrons. The largest absolute Gasteiger partial charge is 0.338 e. The molecule has 0 unspecified atom stereocenters. The predicted octanol–water partition coefficient (Wildman–Crippen LogP) is 3.11. The van der Waals surface area contributed by atoms with E-state index in [0.29, 0.717) is 13.1 Å². The molecule has 0 aliphatic heterocycles. The second-order valence-electron chi connectivity index (χ2n) is 5.46. The SMILES string of the molecule is CC(C)CN(CC(C)C)C(=O)c1ccnc(F)c1F. The van der Waals surface area contributed by atoms with E-state index < -0.39 is 17.7 Å². The van der Waals surface area contributed by atoms with Crippen LogP contribution in [0, 0.1) is 23.6 Å². The Hall–Kier alpha value is -1.52. The maximum atomic E-state index is 13.6. The van der Waals surface area contributed by atoms with Gasteiger partial charge in [0.05, 0.1) is 5.56 Å². The first kappa shape index (κ1) is 15.5. The van der Waals surface area contributed by atoms with E-state index in [1.54, 1.807) is 4.90 Å². The summed E-state index contributed by atoms with van der Waals surface area (Å²) in [5, 5.41) is 0. The number of pyridine rings is 1. The van der Waals surface area contributed by atoms with E-state index in [-0.39, 0.29) is 17.4 Å². The van der Waals surface area contributed by atoms with Gasteiger partial charge in [0.25, 0.3) is 5.91 Å². The van der Waals surface area contributed by atoms with E-state index in [1.807, 2.05) is 27.7 Å². The van der Waals surface area contributed by atoms with Gasteiger partial charge < -0.3 is 4.90 Å². The molecule has 0 aliphatic carbocycles. The van der Waals surface area contributed by atoms with Gasteiger partial charge in [0.2, 0.25) is 5.95 Å².